The van der Waals surface area contributed by atoms with Gasteiger partial charge in [0.05, 0.1) is 19.2 Å². The minimum atomic E-state index is -0.876. The Labute approximate surface area is 146 Å². The van der Waals surface area contributed by atoms with Gasteiger partial charge >= 0.3 is 6.09 Å². The molecule has 0 radical (unpaired) electrons. The van der Waals surface area contributed by atoms with Crippen LogP contribution < -0.4 is 0 Å². The predicted molar refractivity (Wildman–Crippen MR) is 90.5 cm³/mol. The quantitative estimate of drug-likeness (QED) is 0.897. The Hall–Kier alpha value is -2.38. The van der Waals surface area contributed by atoms with Crippen molar-refractivity contribution in [2.24, 2.45) is 0 Å². The van der Waals surface area contributed by atoms with Gasteiger partial charge in [0.2, 0.25) is 0 Å². The third kappa shape index (κ3) is 3.83. The number of carbonyl (C=O) groups excluding carboxylic acids is 1. The summed E-state index contributed by atoms with van der Waals surface area (Å²) < 4.78 is 13.1. The molecule has 1 N–H and O–H groups in total. The van der Waals surface area contributed by atoms with Crippen LogP contribution in [0.1, 0.15) is 19.4 Å². The number of carbonyl (C=O) groups is 1. The Morgan fingerprint density at radius 2 is 2.08 bits per heavy atom. The third-order valence-electron chi connectivity index (χ3n) is 4.30. The molecule has 2 heterocycles. The van der Waals surface area contributed by atoms with Crippen LogP contribution in [0.25, 0.3) is 0 Å². The largest absolute Gasteiger partial charge is 0.444 e. The Bertz CT molecular complexity index is 688. The number of benzene rings is 1. The molecule has 3 rings (SSSR count). The van der Waals surface area contributed by atoms with Crippen LogP contribution in [0.2, 0.25) is 0 Å². The number of aliphatic hydroxyl groups excluding tert-OH is 1. The first-order valence-corrected chi connectivity index (χ1v) is 8.27. The van der Waals surface area contributed by atoms with Gasteiger partial charge in [-0.2, -0.15) is 5.10 Å². The molecule has 0 bridgehead atoms. The van der Waals surface area contributed by atoms with E-state index in [0.717, 1.165) is 5.56 Å². The molecule has 0 spiro atoms. The molecule has 0 saturated carbocycles. The molecule has 25 heavy (non-hydrogen) atoms. The number of hydrogen-bond donors (Lipinski definition) is 1. The van der Waals surface area contributed by atoms with Crippen molar-refractivity contribution < 1.29 is 19.4 Å². The number of hydrogen-bond acceptors (Lipinski definition) is 5. The number of ether oxygens (including phenoxy) is 2. The fraction of sp³-hybridized carbons (Fsp3) is 0.444. The number of amides is 1. The molecule has 134 valence electrons. The number of aliphatic hydroxyl groups is 1. The minimum absolute atomic E-state index is 0.183. The van der Waals surface area contributed by atoms with Crippen LogP contribution in [0.4, 0.5) is 4.79 Å². The average molecular weight is 345 g/mol. The monoisotopic (exact) mass is 345 g/mol. The maximum atomic E-state index is 12.7. The second kappa shape index (κ2) is 7.25. The maximum absolute atomic E-state index is 12.7. The van der Waals surface area contributed by atoms with Gasteiger partial charge in [-0.3, -0.25) is 9.58 Å². The van der Waals surface area contributed by atoms with E-state index in [0.29, 0.717) is 6.54 Å². The van der Waals surface area contributed by atoms with Crippen LogP contribution >= 0.6 is 0 Å². The minimum Gasteiger partial charge on any atom is -0.444 e. The second-order valence-electron chi connectivity index (χ2n) is 6.49. The lowest BCUT2D eigenvalue weighted by molar-refractivity contribution is -0.0804. The Balaban J connectivity index is 1.75. The molecule has 2 atom stereocenters. The van der Waals surface area contributed by atoms with Crippen LogP contribution in [-0.2, 0) is 22.6 Å². The molecular formula is C18H23N3O4. The molecule has 1 aliphatic rings. The summed E-state index contributed by atoms with van der Waals surface area (Å²) in [7, 11) is 0. The SMILES string of the molecule is CC1(C)O[C@H](CO)[C@@H](Cn2cccn2)N1C(=O)OCc1ccccc1. The van der Waals surface area contributed by atoms with Crippen molar-refractivity contribution in [3.63, 3.8) is 0 Å². The molecule has 7 nitrogen and oxygen atoms in total. The van der Waals surface area contributed by atoms with E-state index in [4.69, 9.17) is 9.47 Å². The molecule has 1 aromatic heterocycles. The van der Waals surface area contributed by atoms with Gasteiger partial charge in [0.15, 0.2) is 0 Å². The summed E-state index contributed by atoms with van der Waals surface area (Å²) in [5, 5.41) is 13.9. The zero-order chi connectivity index (χ0) is 17.9. The molecule has 1 fully saturated rings. The van der Waals surface area contributed by atoms with Gasteiger partial charge in [0, 0.05) is 12.4 Å². The summed E-state index contributed by atoms with van der Waals surface area (Å²) in [5.74, 6) is 0. The van der Waals surface area contributed by atoms with Gasteiger partial charge in [0.1, 0.15) is 18.4 Å². The number of rotatable bonds is 5. The van der Waals surface area contributed by atoms with Crippen LogP contribution in [0.15, 0.2) is 48.8 Å². The first-order valence-electron chi connectivity index (χ1n) is 8.27. The molecule has 1 aromatic carbocycles. The van der Waals surface area contributed by atoms with Crippen LogP contribution in [0, 0.1) is 0 Å². The van der Waals surface area contributed by atoms with E-state index in [1.165, 1.54) is 0 Å². The van der Waals surface area contributed by atoms with E-state index >= 15 is 0 Å². The van der Waals surface area contributed by atoms with Crippen molar-refractivity contribution in [2.75, 3.05) is 6.61 Å². The Morgan fingerprint density at radius 3 is 2.72 bits per heavy atom. The van der Waals surface area contributed by atoms with Crippen molar-refractivity contribution in [1.29, 1.82) is 0 Å². The highest BCUT2D eigenvalue weighted by molar-refractivity contribution is 5.69. The van der Waals surface area contributed by atoms with E-state index in [-0.39, 0.29) is 19.3 Å². The summed E-state index contributed by atoms with van der Waals surface area (Å²) in [6.45, 7) is 4.01. The molecule has 1 saturated heterocycles. The van der Waals surface area contributed by atoms with Crippen LogP contribution in [-0.4, -0.2) is 50.4 Å². The molecule has 0 unspecified atom stereocenters. The molecule has 0 aliphatic carbocycles. The summed E-state index contributed by atoms with van der Waals surface area (Å²) in [4.78, 5) is 14.3. The second-order valence-corrected chi connectivity index (χ2v) is 6.49. The van der Waals surface area contributed by atoms with Gasteiger partial charge in [-0.1, -0.05) is 30.3 Å². The van der Waals surface area contributed by atoms with Crippen LogP contribution in [0.5, 0.6) is 0 Å². The summed E-state index contributed by atoms with van der Waals surface area (Å²) in [6, 6.07) is 10.9. The Kier molecular flexibility index (Phi) is 5.06. The summed E-state index contributed by atoms with van der Waals surface area (Å²) in [6.07, 6.45) is 2.52. The van der Waals surface area contributed by atoms with E-state index < -0.39 is 17.9 Å². The zero-order valence-electron chi connectivity index (χ0n) is 14.4. The van der Waals surface area contributed by atoms with E-state index in [9.17, 15) is 9.90 Å². The van der Waals surface area contributed by atoms with Crippen molar-refractivity contribution in [1.82, 2.24) is 14.7 Å². The van der Waals surface area contributed by atoms with Gasteiger partial charge in [-0.15, -0.1) is 0 Å². The first kappa shape index (κ1) is 17.4. The molecule has 1 aliphatic heterocycles. The maximum Gasteiger partial charge on any atom is 0.412 e. The fourth-order valence-electron chi connectivity index (χ4n) is 3.17. The van der Waals surface area contributed by atoms with E-state index in [1.807, 2.05) is 42.6 Å². The molecule has 2 aromatic rings. The highest BCUT2D eigenvalue weighted by Gasteiger charge is 2.50. The highest BCUT2D eigenvalue weighted by atomic mass is 16.6. The lowest BCUT2D eigenvalue weighted by atomic mass is 10.1. The standard InChI is InChI=1S/C18H23N3O4/c1-18(2)21(17(23)24-13-14-7-4-3-5-8-14)15(16(12-22)25-18)11-20-10-6-9-19-20/h3-10,15-16,22H,11-13H2,1-2H3/t15-,16-/m1/s1. The molecule has 7 heteroatoms. The predicted octanol–water partition coefficient (Wildman–Crippen LogP) is 2.02. The van der Waals surface area contributed by atoms with Gasteiger partial charge in [0.25, 0.3) is 0 Å². The van der Waals surface area contributed by atoms with Gasteiger partial charge in [-0.05, 0) is 25.5 Å². The normalized spacial score (nSPS) is 22.1. The van der Waals surface area contributed by atoms with Crippen molar-refractivity contribution in [2.45, 2.75) is 44.9 Å². The lowest BCUT2D eigenvalue weighted by Crippen LogP contribution is -2.50. The first-order chi connectivity index (χ1) is 12.0. The van der Waals surface area contributed by atoms with Crippen molar-refractivity contribution in [3.05, 3.63) is 54.4 Å². The third-order valence-corrected chi connectivity index (χ3v) is 4.30. The van der Waals surface area contributed by atoms with Crippen molar-refractivity contribution in [3.8, 4) is 0 Å². The average Bonchev–Trinajstić information content (AvgIpc) is 3.19. The van der Waals surface area contributed by atoms with E-state index in [1.54, 1.807) is 29.6 Å². The van der Waals surface area contributed by atoms with Gasteiger partial charge < -0.3 is 14.6 Å². The number of aromatic nitrogens is 2. The Morgan fingerprint density at radius 1 is 1.32 bits per heavy atom. The molecular weight excluding hydrogens is 322 g/mol. The van der Waals surface area contributed by atoms with Crippen LogP contribution in [0.3, 0.4) is 0 Å². The molecule has 1 amide bonds. The zero-order valence-corrected chi connectivity index (χ0v) is 14.4. The lowest BCUT2D eigenvalue weighted by Gasteiger charge is -2.32. The van der Waals surface area contributed by atoms with Gasteiger partial charge in [-0.25, -0.2) is 4.79 Å². The fourth-order valence-corrected chi connectivity index (χ4v) is 3.17. The summed E-state index contributed by atoms with van der Waals surface area (Å²) in [5.41, 5.74) is 0.0371. The smallest absolute Gasteiger partial charge is 0.412 e. The topological polar surface area (TPSA) is 76.8 Å². The highest BCUT2D eigenvalue weighted by Crippen LogP contribution is 2.33. The summed E-state index contributed by atoms with van der Waals surface area (Å²) >= 11 is 0. The van der Waals surface area contributed by atoms with E-state index in [2.05, 4.69) is 5.10 Å². The van der Waals surface area contributed by atoms with Crippen molar-refractivity contribution >= 4 is 6.09 Å². The number of nitrogens with zero attached hydrogens (tertiary/aromatic N) is 3.